The molecule has 0 aliphatic carbocycles. The molecule has 0 N–H and O–H groups in total. The third-order valence-corrected chi connectivity index (χ3v) is 5.86. The van der Waals surface area contributed by atoms with Gasteiger partial charge in [0.15, 0.2) is 0 Å². The molecule has 2 aromatic rings. The van der Waals surface area contributed by atoms with Crippen LogP contribution in [0.1, 0.15) is 26.7 Å². The highest BCUT2D eigenvalue weighted by Crippen LogP contribution is 2.40. The van der Waals surface area contributed by atoms with Gasteiger partial charge in [0, 0.05) is 44.5 Å². The van der Waals surface area contributed by atoms with Crippen molar-refractivity contribution in [2.24, 2.45) is 5.92 Å². The summed E-state index contributed by atoms with van der Waals surface area (Å²) in [5, 5.41) is 0. The Hall–Kier alpha value is -2.14. The topological polar surface area (TPSA) is 9.72 Å². The molecule has 28 heavy (non-hydrogen) atoms. The van der Waals surface area contributed by atoms with Gasteiger partial charge in [0.2, 0.25) is 0 Å². The molecule has 0 aromatic heterocycles. The summed E-state index contributed by atoms with van der Waals surface area (Å²) < 4.78 is 27.4. The first-order valence-electron chi connectivity index (χ1n) is 10.3. The third-order valence-electron chi connectivity index (χ3n) is 5.86. The Bertz CT molecular complexity index is 798. The van der Waals surface area contributed by atoms with E-state index in [4.69, 9.17) is 0 Å². The Morgan fingerprint density at radius 3 is 2.21 bits per heavy atom. The van der Waals surface area contributed by atoms with E-state index < -0.39 is 0 Å². The van der Waals surface area contributed by atoms with E-state index in [9.17, 15) is 8.78 Å². The van der Waals surface area contributed by atoms with Crippen LogP contribution in [0.2, 0.25) is 0 Å². The SMILES string of the molecule is CC(C)CN1CCC(N2CCN(c3ccc(F)cc3)c3cc(F)ccc32)CC1. The van der Waals surface area contributed by atoms with Crippen LogP contribution >= 0.6 is 0 Å². The first-order chi connectivity index (χ1) is 13.5. The summed E-state index contributed by atoms with van der Waals surface area (Å²) in [5.41, 5.74) is 2.86. The molecule has 0 amide bonds. The van der Waals surface area contributed by atoms with Gasteiger partial charge >= 0.3 is 0 Å². The first-order valence-corrected chi connectivity index (χ1v) is 10.3. The number of likely N-dealkylation sites (tertiary alicyclic amines) is 1. The highest BCUT2D eigenvalue weighted by molar-refractivity contribution is 5.79. The van der Waals surface area contributed by atoms with Gasteiger partial charge in [-0.2, -0.15) is 0 Å². The van der Waals surface area contributed by atoms with Gasteiger partial charge in [0.25, 0.3) is 0 Å². The normalized spacial score (nSPS) is 18.6. The fraction of sp³-hybridized carbons (Fsp3) is 0.478. The summed E-state index contributed by atoms with van der Waals surface area (Å²) in [6.07, 6.45) is 2.28. The molecule has 0 saturated carbocycles. The number of benzene rings is 2. The van der Waals surface area contributed by atoms with Crippen molar-refractivity contribution in [1.82, 2.24) is 4.90 Å². The van der Waals surface area contributed by atoms with Crippen LogP contribution in [0.5, 0.6) is 0 Å². The number of hydrogen-bond acceptors (Lipinski definition) is 3. The average Bonchev–Trinajstić information content (AvgIpc) is 2.68. The Kier molecular flexibility index (Phi) is 5.54. The lowest BCUT2D eigenvalue weighted by atomic mass is 9.99. The second-order valence-corrected chi connectivity index (χ2v) is 8.38. The van der Waals surface area contributed by atoms with E-state index in [-0.39, 0.29) is 11.6 Å². The largest absolute Gasteiger partial charge is 0.365 e. The van der Waals surface area contributed by atoms with E-state index >= 15 is 0 Å². The minimum Gasteiger partial charge on any atom is -0.365 e. The number of anilines is 3. The quantitative estimate of drug-likeness (QED) is 0.730. The Labute approximate surface area is 166 Å². The lowest BCUT2D eigenvalue weighted by Crippen LogP contribution is -2.50. The monoisotopic (exact) mass is 385 g/mol. The Morgan fingerprint density at radius 1 is 0.857 bits per heavy atom. The fourth-order valence-corrected chi connectivity index (χ4v) is 4.60. The zero-order valence-corrected chi connectivity index (χ0v) is 16.7. The van der Waals surface area contributed by atoms with E-state index in [0.717, 1.165) is 62.6 Å². The summed E-state index contributed by atoms with van der Waals surface area (Å²) >= 11 is 0. The van der Waals surface area contributed by atoms with Crippen molar-refractivity contribution in [3.8, 4) is 0 Å². The third kappa shape index (κ3) is 4.00. The van der Waals surface area contributed by atoms with E-state index in [2.05, 4.69) is 28.5 Å². The molecule has 0 atom stereocenters. The van der Waals surface area contributed by atoms with Crippen molar-refractivity contribution >= 4 is 17.1 Å². The van der Waals surface area contributed by atoms with Crippen LogP contribution in [0.25, 0.3) is 0 Å². The van der Waals surface area contributed by atoms with Gasteiger partial charge in [-0.15, -0.1) is 0 Å². The molecule has 0 radical (unpaired) electrons. The number of nitrogens with zero attached hydrogens (tertiary/aromatic N) is 3. The second-order valence-electron chi connectivity index (χ2n) is 8.38. The Morgan fingerprint density at radius 2 is 1.54 bits per heavy atom. The summed E-state index contributed by atoms with van der Waals surface area (Å²) in [7, 11) is 0. The molecule has 0 spiro atoms. The van der Waals surface area contributed by atoms with Gasteiger partial charge in [-0.3, -0.25) is 0 Å². The van der Waals surface area contributed by atoms with E-state index in [0.29, 0.717) is 12.0 Å². The van der Waals surface area contributed by atoms with Crippen LogP contribution in [0.4, 0.5) is 25.8 Å². The molecule has 5 heteroatoms. The summed E-state index contributed by atoms with van der Waals surface area (Å²) in [5.74, 6) is 0.203. The van der Waals surface area contributed by atoms with Crippen molar-refractivity contribution in [3.63, 3.8) is 0 Å². The van der Waals surface area contributed by atoms with E-state index in [1.165, 1.54) is 12.1 Å². The van der Waals surface area contributed by atoms with Crippen molar-refractivity contribution in [2.75, 3.05) is 42.5 Å². The van der Waals surface area contributed by atoms with Crippen LogP contribution in [0.15, 0.2) is 42.5 Å². The molecule has 0 bridgehead atoms. The molecule has 2 aromatic carbocycles. The van der Waals surface area contributed by atoms with Gasteiger partial charge in [-0.05, 0) is 61.2 Å². The Balaban J connectivity index is 1.56. The van der Waals surface area contributed by atoms with Crippen molar-refractivity contribution in [3.05, 3.63) is 54.1 Å². The number of fused-ring (bicyclic) bond motifs is 1. The van der Waals surface area contributed by atoms with Gasteiger partial charge in [-0.1, -0.05) is 13.8 Å². The summed E-state index contributed by atoms with van der Waals surface area (Å²) in [4.78, 5) is 7.12. The number of halogens is 2. The van der Waals surface area contributed by atoms with Crippen molar-refractivity contribution in [2.45, 2.75) is 32.7 Å². The molecule has 4 rings (SSSR count). The summed E-state index contributed by atoms with van der Waals surface area (Å²) in [6, 6.07) is 12.0. The van der Waals surface area contributed by atoms with Crippen molar-refractivity contribution < 1.29 is 8.78 Å². The second kappa shape index (κ2) is 8.08. The molecular weight excluding hydrogens is 356 g/mol. The molecule has 2 heterocycles. The smallest absolute Gasteiger partial charge is 0.125 e. The van der Waals surface area contributed by atoms with Crippen LogP contribution in [0, 0.1) is 17.6 Å². The molecule has 3 nitrogen and oxygen atoms in total. The predicted octanol–water partition coefficient (Wildman–Crippen LogP) is 5.04. The van der Waals surface area contributed by atoms with Gasteiger partial charge < -0.3 is 14.7 Å². The van der Waals surface area contributed by atoms with E-state index in [1.807, 2.05) is 6.07 Å². The number of rotatable bonds is 4. The summed E-state index contributed by atoms with van der Waals surface area (Å²) in [6.45, 7) is 9.61. The standard InChI is InChI=1S/C23H29F2N3/c1-17(2)16-26-11-9-21(10-12-26)27-13-14-28(20-6-3-18(24)4-7-20)23-15-19(25)5-8-22(23)27/h3-8,15,17,21H,9-14,16H2,1-2H3. The highest BCUT2D eigenvalue weighted by atomic mass is 19.1. The lowest BCUT2D eigenvalue weighted by molar-refractivity contribution is 0.189. The maximum absolute atomic E-state index is 14.1. The van der Waals surface area contributed by atoms with Crippen LogP contribution < -0.4 is 9.80 Å². The van der Waals surface area contributed by atoms with Crippen molar-refractivity contribution in [1.29, 1.82) is 0 Å². The molecule has 1 saturated heterocycles. The van der Waals surface area contributed by atoms with Gasteiger partial charge in [-0.25, -0.2) is 8.78 Å². The molecule has 150 valence electrons. The van der Waals surface area contributed by atoms with Crippen LogP contribution in [0.3, 0.4) is 0 Å². The zero-order chi connectivity index (χ0) is 19.7. The number of piperidine rings is 1. The minimum absolute atomic E-state index is 0.237. The molecule has 2 aliphatic rings. The lowest BCUT2D eigenvalue weighted by Gasteiger charge is -2.45. The fourth-order valence-electron chi connectivity index (χ4n) is 4.60. The minimum atomic E-state index is -0.255. The van der Waals surface area contributed by atoms with Crippen LogP contribution in [-0.4, -0.2) is 43.7 Å². The maximum atomic E-state index is 14.1. The van der Waals surface area contributed by atoms with Gasteiger partial charge in [0.1, 0.15) is 11.6 Å². The first kappa shape index (κ1) is 19.2. The number of hydrogen-bond donors (Lipinski definition) is 0. The molecular formula is C23H29F2N3. The zero-order valence-electron chi connectivity index (χ0n) is 16.7. The average molecular weight is 386 g/mol. The van der Waals surface area contributed by atoms with Crippen LogP contribution in [-0.2, 0) is 0 Å². The van der Waals surface area contributed by atoms with E-state index in [1.54, 1.807) is 24.3 Å². The molecule has 0 unspecified atom stereocenters. The van der Waals surface area contributed by atoms with Gasteiger partial charge in [0.05, 0.1) is 11.4 Å². The predicted molar refractivity (Wildman–Crippen MR) is 111 cm³/mol. The molecule has 2 aliphatic heterocycles. The molecule has 1 fully saturated rings. The highest BCUT2D eigenvalue weighted by Gasteiger charge is 2.31. The maximum Gasteiger partial charge on any atom is 0.125 e.